The number of likely N-dealkylation sites (tertiary alicyclic amines) is 1. The molecule has 1 aromatic rings. The third-order valence-corrected chi connectivity index (χ3v) is 4.18. The number of hydrogen-bond donors (Lipinski definition) is 0. The van der Waals surface area contributed by atoms with Crippen LogP contribution in [-0.2, 0) is 9.59 Å². The molecule has 1 aliphatic heterocycles. The van der Waals surface area contributed by atoms with Crippen molar-refractivity contribution in [1.82, 2.24) is 4.90 Å². The molecule has 0 N–H and O–H groups in total. The first-order valence-corrected chi connectivity index (χ1v) is 8.23. The minimum absolute atomic E-state index is 0.399. The molecule has 1 saturated heterocycles. The fourth-order valence-electron chi connectivity index (χ4n) is 2.77. The van der Waals surface area contributed by atoms with Gasteiger partial charge in [-0.2, -0.15) is 5.26 Å². The third kappa shape index (κ3) is 4.60. The molecular weight excluding hydrogens is 320 g/mol. The van der Waals surface area contributed by atoms with Gasteiger partial charge in [0.05, 0.1) is 20.3 Å². The number of carbonyl (C=O) groups is 2. The number of piperidine rings is 1. The van der Waals surface area contributed by atoms with Crippen LogP contribution in [0.5, 0.6) is 11.5 Å². The molecule has 6 heteroatoms. The van der Waals surface area contributed by atoms with Crippen molar-refractivity contribution >= 4 is 17.8 Å². The number of hydrogen-bond acceptors (Lipinski definition) is 5. The number of ether oxygens (including phenoxy) is 2. The number of nitriles is 1. The summed E-state index contributed by atoms with van der Waals surface area (Å²) in [7, 11) is 3.07. The Bertz CT molecular complexity index is 700. The van der Waals surface area contributed by atoms with Crippen LogP contribution >= 0.6 is 0 Å². The zero-order valence-corrected chi connectivity index (χ0v) is 14.5. The molecule has 1 amide bonds. The third-order valence-electron chi connectivity index (χ3n) is 4.18. The Hall–Kier alpha value is -2.81. The Kier molecular flexibility index (Phi) is 6.58. The van der Waals surface area contributed by atoms with Crippen molar-refractivity contribution in [1.29, 1.82) is 5.26 Å². The number of methoxy groups -OCH3 is 2. The number of rotatable bonds is 6. The summed E-state index contributed by atoms with van der Waals surface area (Å²) >= 11 is 0. The Balaban J connectivity index is 2.09. The van der Waals surface area contributed by atoms with Crippen LogP contribution in [0.3, 0.4) is 0 Å². The van der Waals surface area contributed by atoms with Crippen molar-refractivity contribution < 1.29 is 19.1 Å². The summed E-state index contributed by atoms with van der Waals surface area (Å²) < 4.78 is 10.4. The molecule has 2 rings (SSSR count). The predicted molar refractivity (Wildman–Crippen MR) is 93.1 cm³/mol. The second kappa shape index (κ2) is 8.88. The van der Waals surface area contributed by atoms with Gasteiger partial charge in [-0.15, -0.1) is 0 Å². The maximum Gasteiger partial charge on any atom is 0.247 e. The Morgan fingerprint density at radius 3 is 2.44 bits per heavy atom. The van der Waals surface area contributed by atoms with Crippen LogP contribution in [0.4, 0.5) is 0 Å². The van der Waals surface area contributed by atoms with Crippen LogP contribution in [0.25, 0.3) is 6.08 Å². The molecule has 1 atom stereocenters. The minimum atomic E-state index is -1.28. The number of carbonyl (C=O) groups excluding carboxylic acids is 2. The Morgan fingerprint density at radius 1 is 1.16 bits per heavy atom. The van der Waals surface area contributed by atoms with Crippen LogP contribution in [0, 0.1) is 17.2 Å². The van der Waals surface area contributed by atoms with Crippen LogP contribution in [0.15, 0.2) is 24.3 Å². The molecule has 0 unspecified atom stereocenters. The lowest BCUT2D eigenvalue weighted by molar-refractivity contribution is -0.138. The maximum atomic E-state index is 12.4. The lowest BCUT2D eigenvalue weighted by atomic mass is 10.0. The minimum Gasteiger partial charge on any atom is -0.493 e. The predicted octanol–water partition coefficient (Wildman–Crippen LogP) is 2.44. The molecule has 1 aliphatic rings. The summed E-state index contributed by atoms with van der Waals surface area (Å²) in [5.41, 5.74) is 0.716. The van der Waals surface area contributed by atoms with Gasteiger partial charge in [-0.3, -0.25) is 9.59 Å². The summed E-state index contributed by atoms with van der Waals surface area (Å²) in [6.07, 6.45) is 5.75. The number of amides is 1. The van der Waals surface area contributed by atoms with Gasteiger partial charge < -0.3 is 14.4 Å². The average Bonchev–Trinajstić information content (AvgIpc) is 2.67. The van der Waals surface area contributed by atoms with E-state index in [2.05, 4.69) is 0 Å². The van der Waals surface area contributed by atoms with E-state index < -0.39 is 17.6 Å². The second-order valence-electron chi connectivity index (χ2n) is 5.80. The topological polar surface area (TPSA) is 79.6 Å². The molecule has 6 nitrogen and oxygen atoms in total. The van der Waals surface area contributed by atoms with E-state index in [4.69, 9.17) is 9.47 Å². The first kappa shape index (κ1) is 18.5. The molecule has 0 aromatic heterocycles. The van der Waals surface area contributed by atoms with Crippen molar-refractivity contribution in [2.75, 3.05) is 27.3 Å². The molecule has 0 spiro atoms. The largest absolute Gasteiger partial charge is 0.493 e. The number of ketones is 1. The van der Waals surface area contributed by atoms with Crippen molar-refractivity contribution in [2.45, 2.75) is 19.3 Å². The van der Waals surface area contributed by atoms with Gasteiger partial charge in [0.25, 0.3) is 0 Å². The molecular formula is C19H22N2O4. The quantitative estimate of drug-likeness (QED) is 0.586. The van der Waals surface area contributed by atoms with E-state index in [1.165, 1.54) is 13.2 Å². The highest BCUT2D eigenvalue weighted by molar-refractivity contribution is 6.10. The highest BCUT2D eigenvalue weighted by Crippen LogP contribution is 2.28. The first-order chi connectivity index (χ1) is 12.1. The first-order valence-electron chi connectivity index (χ1n) is 8.23. The summed E-state index contributed by atoms with van der Waals surface area (Å²) in [5, 5.41) is 9.26. The lowest BCUT2D eigenvalue weighted by Crippen LogP contribution is -2.41. The molecule has 0 radical (unpaired) electrons. The van der Waals surface area contributed by atoms with E-state index in [1.807, 2.05) is 6.07 Å². The SMILES string of the molecule is COc1ccc(/C=C/C(=O)[C@@H](C#N)C(=O)N2CCCCC2)cc1OC. The van der Waals surface area contributed by atoms with Crippen molar-refractivity contribution in [3.63, 3.8) is 0 Å². The number of allylic oxidation sites excluding steroid dienone is 1. The van der Waals surface area contributed by atoms with E-state index in [1.54, 1.807) is 36.3 Å². The molecule has 1 fully saturated rings. The number of benzene rings is 1. The van der Waals surface area contributed by atoms with E-state index in [9.17, 15) is 14.9 Å². The Labute approximate surface area is 147 Å². The van der Waals surface area contributed by atoms with E-state index >= 15 is 0 Å². The zero-order chi connectivity index (χ0) is 18.2. The summed E-state index contributed by atoms with van der Waals surface area (Å²) in [6, 6.07) is 7.05. The fraction of sp³-hybridized carbons (Fsp3) is 0.421. The van der Waals surface area contributed by atoms with Gasteiger partial charge in [-0.1, -0.05) is 12.1 Å². The van der Waals surface area contributed by atoms with Gasteiger partial charge in [-0.25, -0.2) is 0 Å². The molecule has 132 valence electrons. The highest BCUT2D eigenvalue weighted by atomic mass is 16.5. The summed E-state index contributed by atoms with van der Waals surface area (Å²) in [6.45, 7) is 1.23. The van der Waals surface area contributed by atoms with Gasteiger partial charge in [0.2, 0.25) is 5.91 Å². The van der Waals surface area contributed by atoms with Crippen LogP contribution in [0.1, 0.15) is 24.8 Å². The maximum absolute atomic E-state index is 12.4. The van der Waals surface area contributed by atoms with Gasteiger partial charge >= 0.3 is 0 Å². The molecule has 1 aromatic carbocycles. The number of nitrogens with zero attached hydrogens (tertiary/aromatic N) is 2. The van der Waals surface area contributed by atoms with Crippen LogP contribution < -0.4 is 9.47 Å². The standard InChI is InChI=1S/C19H22N2O4/c1-24-17-9-7-14(12-18(17)25-2)6-8-16(22)15(13-20)19(23)21-10-4-3-5-11-21/h6-9,12,15H,3-5,10-11H2,1-2H3/b8-6+/t15-/m1/s1. The molecule has 0 bridgehead atoms. The smallest absolute Gasteiger partial charge is 0.247 e. The highest BCUT2D eigenvalue weighted by Gasteiger charge is 2.29. The van der Waals surface area contributed by atoms with Gasteiger partial charge in [-0.05, 0) is 43.0 Å². The van der Waals surface area contributed by atoms with E-state index in [0.717, 1.165) is 19.3 Å². The molecule has 0 saturated carbocycles. The van der Waals surface area contributed by atoms with Crippen molar-refractivity contribution in [3.05, 3.63) is 29.8 Å². The van der Waals surface area contributed by atoms with E-state index in [0.29, 0.717) is 30.2 Å². The Morgan fingerprint density at radius 2 is 1.84 bits per heavy atom. The summed E-state index contributed by atoms with van der Waals surface area (Å²) in [4.78, 5) is 26.3. The lowest BCUT2D eigenvalue weighted by Gasteiger charge is -2.27. The molecule has 25 heavy (non-hydrogen) atoms. The molecule has 0 aliphatic carbocycles. The average molecular weight is 342 g/mol. The second-order valence-corrected chi connectivity index (χ2v) is 5.80. The van der Waals surface area contributed by atoms with Crippen molar-refractivity contribution in [3.8, 4) is 17.6 Å². The van der Waals surface area contributed by atoms with Crippen molar-refractivity contribution in [2.24, 2.45) is 5.92 Å². The normalized spacial score (nSPS) is 15.5. The van der Waals surface area contributed by atoms with Crippen LogP contribution in [-0.4, -0.2) is 43.9 Å². The summed E-state index contributed by atoms with van der Waals surface area (Å²) in [5.74, 6) is -1.06. The fourth-order valence-corrected chi connectivity index (χ4v) is 2.77. The van der Waals surface area contributed by atoms with Gasteiger partial charge in [0.15, 0.2) is 23.2 Å². The molecule has 1 heterocycles. The van der Waals surface area contributed by atoms with Gasteiger partial charge in [0, 0.05) is 13.1 Å². The monoisotopic (exact) mass is 342 g/mol. The van der Waals surface area contributed by atoms with Gasteiger partial charge in [0.1, 0.15) is 0 Å². The zero-order valence-electron chi connectivity index (χ0n) is 14.5. The van der Waals surface area contributed by atoms with E-state index in [-0.39, 0.29) is 0 Å². The van der Waals surface area contributed by atoms with Crippen LogP contribution in [0.2, 0.25) is 0 Å².